The van der Waals surface area contributed by atoms with Gasteiger partial charge in [-0.15, -0.1) is 0 Å². The molecule has 0 saturated carbocycles. The Morgan fingerprint density at radius 2 is 1.39 bits per heavy atom. The van der Waals surface area contributed by atoms with E-state index in [-0.39, 0.29) is 11.3 Å². The maximum absolute atomic E-state index is 12.8. The normalized spacial score (nSPS) is 10.6. The highest BCUT2D eigenvalue weighted by Crippen LogP contribution is 2.25. The third-order valence-electron chi connectivity index (χ3n) is 4.32. The summed E-state index contributed by atoms with van der Waals surface area (Å²) in [6.45, 7) is 3.60. The van der Waals surface area contributed by atoms with Crippen LogP contribution in [0.4, 0.5) is 11.4 Å². The van der Waals surface area contributed by atoms with Crippen molar-refractivity contribution >= 4 is 46.4 Å². The number of rotatable bonds is 4. The first-order valence-corrected chi connectivity index (χ1v) is 9.20. The van der Waals surface area contributed by atoms with E-state index in [2.05, 4.69) is 15.7 Å². The number of hydrogen-bond donors (Lipinski definition) is 2. The van der Waals surface area contributed by atoms with Gasteiger partial charge in [0.05, 0.1) is 5.56 Å². The molecule has 2 aromatic carbocycles. The van der Waals surface area contributed by atoms with E-state index in [4.69, 9.17) is 23.2 Å². The Labute approximate surface area is 172 Å². The van der Waals surface area contributed by atoms with E-state index < -0.39 is 11.8 Å². The molecule has 1 heterocycles. The maximum atomic E-state index is 12.8. The molecule has 0 unspecified atom stereocenters. The van der Waals surface area contributed by atoms with Gasteiger partial charge in [-0.05, 0) is 49.2 Å². The molecule has 0 atom stereocenters. The molecule has 0 bridgehead atoms. The summed E-state index contributed by atoms with van der Waals surface area (Å²) in [6, 6.07) is 10.4. The molecule has 2 N–H and O–H groups in total. The maximum Gasteiger partial charge on any atom is 0.277 e. The zero-order valence-corrected chi connectivity index (χ0v) is 17.0. The minimum absolute atomic E-state index is 0.0130. The van der Waals surface area contributed by atoms with E-state index in [1.165, 1.54) is 10.9 Å². The van der Waals surface area contributed by atoms with Crippen molar-refractivity contribution in [2.24, 2.45) is 7.05 Å². The second-order valence-corrected chi connectivity index (χ2v) is 7.11. The molecule has 0 fully saturated rings. The third kappa shape index (κ3) is 4.03. The molecule has 144 valence electrons. The summed E-state index contributed by atoms with van der Waals surface area (Å²) in [5, 5.41) is 10.8. The Hall–Kier alpha value is -2.83. The fourth-order valence-corrected chi connectivity index (χ4v) is 3.03. The summed E-state index contributed by atoms with van der Waals surface area (Å²) in [7, 11) is 1.64. The molecule has 0 radical (unpaired) electrons. The molecular weight excluding hydrogens is 399 g/mol. The van der Waals surface area contributed by atoms with E-state index in [0.29, 0.717) is 21.4 Å². The molecule has 0 aliphatic rings. The lowest BCUT2D eigenvalue weighted by molar-refractivity contribution is 0.0988. The van der Waals surface area contributed by atoms with E-state index >= 15 is 0 Å². The first kappa shape index (κ1) is 19.9. The molecule has 8 heteroatoms. The third-order valence-corrected chi connectivity index (χ3v) is 5.14. The molecule has 0 aliphatic heterocycles. The van der Waals surface area contributed by atoms with Crippen LogP contribution in [0, 0.1) is 13.8 Å². The van der Waals surface area contributed by atoms with Gasteiger partial charge < -0.3 is 10.6 Å². The molecule has 0 saturated heterocycles. The topological polar surface area (TPSA) is 76.0 Å². The van der Waals surface area contributed by atoms with Gasteiger partial charge in [-0.2, -0.15) is 5.10 Å². The van der Waals surface area contributed by atoms with Crippen LogP contribution >= 0.6 is 23.2 Å². The molecule has 3 rings (SSSR count). The molecule has 1 aromatic heterocycles. The highest BCUT2D eigenvalue weighted by molar-refractivity contribution is 6.32. The Kier molecular flexibility index (Phi) is 5.72. The lowest BCUT2D eigenvalue weighted by Crippen LogP contribution is -2.20. The van der Waals surface area contributed by atoms with Crippen LogP contribution in [0.25, 0.3) is 0 Å². The van der Waals surface area contributed by atoms with Gasteiger partial charge in [-0.1, -0.05) is 35.3 Å². The van der Waals surface area contributed by atoms with Gasteiger partial charge in [0.2, 0.25) is 0 Å². The van der Waals surface area contributed by atoms with E-state index in [0.717, 1.165) is 11.1 Å². The number of nitrogens with one attached hydrogen (secondary N) is 2. The summed E-state index contributed by atoms with van der Waals surface area (Å²) in [6.07, 6.45) is 1.49. The van der Waals surface area contributed by atoms with Crippen molar-refractivity contribution in [3.05, 3.63) is 75.0 Å². The van der Waals surface area contributed by atoms with E-state index in [1.807, 2.05) is 0 Å². The molecule has 0 aliphatic carbocycles. The van der Waals surface area contributed by atoms with Gasteiger partial charge in [-0.25, -0.2) is 0 Å². The number of aromatic nitrogens is 2. The smallest absolute Gasteiger partial charge is 0.277 e. The summed E-state index contributed by atoms with van der Waals surface area (Å²) in [5.41, 5.74) is 2.76. The van der Waals surface area contributed by atoms with Crippen molar-refractivity contribution in [1.82, 2.24) is 9.78 Å². The summed E-state index contributed by atoms with van der Waals surface area (Å²) >= 11 is 12.2. The van der Waals surface area contributed by atoms with Crippen LogP contribution in [-0.2, 0) is 7.05 Å². The Balaban J connectivity index is 1.88. The molecule has 6 nitrogen and oxygen atoms in total. The zero-order valence-electron chi connectivity index (χ0n) is 15.5. The van der Waals surface area contributed by atoms with Crippen LogP contribution in [0.5, 0.6) is 0 Å². The monoisotopic (exact) mass is 416 g/mol. The fraction of sp³-hybridized carbons (Fsp3) is 0.150. The lowest BCUT2D eigenvalue weighted by atomic mass is 10.1. The van der Waals surface area contributed by atoms with Gasteiger partial charge in [0.25, 0.3) is 11.8 Å². The predicted octanol–water partition coefficient (Wildman–Crippen LogP) is 4.85. The largest absolute Gasteiger partial charge is 0.322 e. The van der Waals surface area contributed by atoms with Crippen molar-refractivity contribution in [3.63, 3.8) is 0 Å². The number of benzene rings is 2. The Morgan fingerprint density at radius 1 is 0.893 bits per heavy atom. The van der Waals surface area contributed by atoms with Crippen molar-refractivity contribution in [3.8, 4) is 0 Å². The van der Waals surface area contributed by atoms with Gasteiger partial charge in [-0.3, -0.25) is 14.3 Å². The van der Waals surface area contributed by atoms with Crippen LogP contribution in [0.15, 0.2) is 42.6 Å². The number of amides is 2. The SMILES string of the molecule is Cc1c(Cl)cccc1NC(=O)c1cn(C)nc1C(=O)Nc1cccc(Cl)c1C. The van der Waals surface area contributed by atoms with Crippen molar-refractivity contribution in [2.75, 3.05) is 10.6 Å². The van der Waals surface area contributed by atoms with Crippen molar-refractivity contribution in [1.29, 1.82) is 0 Å². The zero-order chi connectivity index (χ0) is 20.4. The average molecular weight is 417 g/mol. The van der Waals surface area contributed by atoms with Crippen LogP contribution in [0.3, 0.4) is 0 Å². The van der Waals surface area contributed by atoms with Crippen LogP contribution in [0.1, 0.15) is 32.0 Å². The van der Waals surface area contributed by atoms with E-state index in [1.54, 1.807) is 57.3 Å². The molecule has 28 heavy (non-hydrogen) atoms. The van der Waals surface area contributed by atoms with Crippen molar-refractivity contribution < 1.29 is 9.59 Å². The molecule has 2 amide bonds. The first-order chi connectivity index (χ1) is 13.3. The number of halogens is 2. The van der Waals surface area contributed by atoms with E-state index in [9.17, 15) is 9.59 Å². The quantitative estimate of drug-likeness (QED) is 0.637. The van der Waals surface area contributed by atoms with Crippen LogP contribution in [0.2, 0.25) is 10.0 Å². The van der Waals surface area contributed by atoms with Gasteiger partial charge in [0.1, 0.15) is 0 Å². The minimum atomic E-state index is -0.501. The highest BCUT2D eigenvalue weighted by atomic mass is 35.5. The molecular formula is C20H18Cl2N4O2. The number of carbonyl (C=O) groups is 2. The Morgan fingerprint density at radius 3 is 1.93 bits per heavy atom. The fourth-order valence-electron chi connectivity index (χ4n) is 2.68. The summed E-state index contributed by atoms with van der Waals surface area (Å²) in [4.78, 5) is 25.5. The number of carbonyl (C=O) groups excluding carboxylic acids is 2. The number of nitrogens with zero attached hydrogens (tertiary/aromatic N) is 2. The van der Waals surface area contributed by atoms with Crippen LogP contribution in [-0.4, -0.2) is 21.6 Å². The second-order valence-electron chi connectivity index (χ2n) is 6.30. The van der Waals surface area contributed by atoms with Crippen LogP contribution < -0.4 is 10.6 Å². The van der Waals surface area contributed by atoms with Gasteiger partial charge in [0.15, 0.2) is 5.69 Å². The summed E-state index contributed by atoms with van der Waals surface area (Å²) in [5.74, 6) is -0.953. The average Bonchev–Trinajstić information content (AvgIpc) is 3.05. The number of anilines is 2. The minimum Gasteiger partial charge on any atom is -0.322 e. The van der Waals surface area contributed by atoms with Gasteiger partial charge >= 0.3 is 0 Å². The first-order valence-electron chi connectivity index (χ1n) is 8.44. The molecule has 0 spiro atoms. The standard InChI is InChI=1S/C20H18Cl2N4O2/c1-11-14(21)6-4-8-16(11)23-19(27)13-10-26(3)25-18(13)20(28)24-17-9-5-7-15(22)12(17)2/h4-10H,1-3H3,(H,23,27)(H,24,28). The number of aryl methyl sites for hydroxylation is 1. The summed E-state index contributed by atoms with van der Waals surface area (Å²) < 4.78 is 1.42. The van der Waals surface area contributed by atoms with Crippen molar-refractivity contribution in [2.45, 2.75) is 13.8 Å². The number of hydrogen-bond acceptors (Lipinski definition) is 3. The lowest BCUT2D eigenvalue weighted by Gasteiger charge is -2.11. The van der Waals surface area contributed by atoms with Gasteiger partial charge in [0, 0.05) is 34.7 Å². The Bertz CT molecular complexity index is 993. The molecule has 3 aromatic rings. The highest BCUT2D eigenvalue weighted by Gasteiger charge is 2.23. The second kappa shape index (κ2) is 8.04. The predicted molar refractivity (Wildman–Crippen MR) is 111 cm³/mol.